The lowest BCUT2D eigenvalue weighted by Gasteiger charge is -2.09. The zero-order chi connectivity index (χ0) is 13.0. The van der Waals surface area contributed by atoms with Gasteiger partial charge in [-0.1, -0.05) is 11.6 Å². The Hall–Kier alpha value is -1.81. The van der Waals surface area contributed by atoms with Crippen LogP contribution in [-0.4, -0.2) is 11.5 Å². The molecule has 2 rings (SSSR count). The Labute approximate surface area is 110 Å². The van der Waals surface area contributed by atoms with Crippen LogP contribution in [0.1, 0.15) is 6.92 Å². The fraction of sp³-hybridized carbons (Fsp3) is 0.154. The van der Waals surface area contributed by atoms with Gasteiger partial charge in [-0.3, -0.25) is 0 Å². The Bertz CT molecular complexity index is 546. The second kappa shape index (κ2) is 5.69. The summed E-state index contributed by atoms with van der Waals surface area (Å²) in [5.41, 5.74) is 1.60. The number of benzene rings is 1. The van der Waals surface area contributed by atoms with E-state index in [1.165, 1.54) is 6.07 Å². The SMILES string of the molecule is CCNc1cc(Nc2ccc(F)c(Cl)c2)ccn1. The number of hydrogen-bond acceptors (Lipinski definition) is 3. The van der Waals surface area contributed by atoms with Gasteiger partial charge in [-0.2, -0.15) is 0 Å². The molecule has 1 aromatic heterocycles. The minimum absolute atomic E-state index is 0.0981. The molecule has 18 heavy (non-hydrogen) atoms. The summed E-state index contributed by atoms with van der Waals surface area (Å²) >= 11 is 5.72. The van der Waals surface area contributed by atoms with Gasteiger partial charge in [0.15, 0.2) is 0 Å². The van der Waals surface area contributed by atoms with Crippen molar-refractivity contribution >= 4 is 28.8 Å². The highest BCUT2D eigenvalue weighted by Gasteiger charge is 2.02. The van der Waals surface area contributed by atoms with Crippen LogP contribution in [0.2, 0.25) is 5.02 Å². The Morgan fingerprint density at radius 1 is 1.22 bits per heavy atom. The fourth-order valence-corrected chi connectivity index (χ4v) is 1.71. The predicted molar refractivity (Wildman–Crippen MR) is 73.1 cm³/mol. The van der Waals surface area contributed by atoms with Crippen molar-refractivity contribution in [2.45, 2.75) is 6.92 Å². The Morgan fingerprint density at radius 2 is 2.00 bits per heavy atom. The van der Waals surface area contributed by atoms with Crippen molar-refractivity contribution in [3.05, 3.63) is 47.4 Å². The van der Waals surface area contributed by atoms with Crippen molar-refractivity contribution in [2.24, 2.45) is 0 Å². The molecule has 0 aliphatic rings. The smallest absolute Gasteiger partial charge is 0.141 e. The molecule has 2 aromatic rings. The third kappa shape index (κ3) is 3.11. The molecule has 0 amide bonds. The van der Waals surface area contributed by atoms with Crippen LogP contribution in [0.3, 0.4) is 0 Å². The second-order valence-electron chi connectivity index (χ2n) is 3.71. The van der Waals surface area contributed by atoms with E-state index in [0.717, 1.165) is 23.7 Å². The molecule has 2 N–H and O–H groups in total. The predicted octanol–water partition coefficient (Wildman–Crippen LogP) is 4.05. The summed E-state index contributed by atoms with van der Waals surface area (Å²) < 4.78 is 13.0. The standard InChI is InChI=1S/C13H13ClFN3/c1-2-16-13-8-10(5-6-17-13)18-9-3-4-12(15)11(14)7-9/h3-8H,2H2,1H3,(H2,16,17,18). The molecule has 0 saturated carbocycles. The van der Waals surface area contributed by atoms with Crippen LogP contribution in [0.15, 0.2) is 36.5 Å². The molecule has 5 heteroatoms. The number of rotatable bonds is 4. The lowest BCUT2D eigenvalue weighted by molar-refractivity contribution is 0.628. The highest BCUT2D eigenvalue weighted by atomic mass is 35.5. The summed E-state index contributed by atoms with van der Waals surface area (Å²) in [4.78, 5) is 4.17. The average Bonchev–Trinajstić information content (AvgIpc) is 2.35. The molecule has 0 aliphatic carbocycles. The van der Waals surface area contributed by atoms with E-state index in [4.69, 9.17) is 11.6 Å². The van der Waals surface area contributed by atoms with Crippen LogP contribution < -0.4 is 10.6 Å². The normalized spacial score (nSPS) is 10.2. The van der Waals surface area contributed by atoms with E-state index in [1.54, 1.807) is 18.3 Å². The first-order valence-corrected chi connectivity index (χ1v) is 5.99. The van der Waals surface area contributed by atoms with Crippen molar-refractivity contribution < 1.29 is 4.39 Å². The van der Waals surface area contributed by atoms with Crippen molar-refractivity contribution in [2.75, 3.05) is 17.2 Å². The van der Waals surface area contributed by atoms with Gasteiger partial charge in [0.1, 0.15) is 11.6 Å². The van der Waals surface area contributed by atoms with E-state index in [2.05, 4.69) is 15.6 Å². The molecular formula is C13H13ClFN3. The van der Waals surface area contributed by atoms with Crippen LogP contribution in [-0.2, 0) is 0 Å². The number of pyridine rings is 1. The molecule has 3 nitrogen and oxygen atoms in total. The largest absolute Gasteiger partial charge is 0.370 e. The summed E-state index contributed by atoms with van der Waals surface area (Å²) in [6.07, 6.45) is 1.70. The van der Waals surface area contributed by atoms with Crippen LogP contribution >= 0.6 is 11.6 Å². The number of halogens is 2. The van der Waals surface area contributed by atoms with E-state index >= 15 is 0 Å². The zero-order valence-corrected chi connectivity index (χ0v) is 10.6. The molecule has 0 radical (unpaired) electrons. The number of nitrogens with zero attached hydrogens (tertiary/aromatic N) is 1. The van der Waals surface area contributed by atoms with E-state index in [-0.39, 0.29) is 5.02 Å². The minimum Gasteiger partial charge on any atom is -0.370 e. The lowest BCUT2D eigenvalue weighted by atomic mass is 10.3. The van der Waals surface area contributed by atoms with E-state index in [1.807, 2.05) is 19.1 Å². The molecule has 0 spiro atoms. The number of aromatic nitrogens is 1. The van der Waals surface area contributed by atoms with Gasteiger partial charge in [-0.05, 0) is 31.2 Å². The summed E-state index contributed by atoms with van der Waals surface area (Å²) in [5, 5.41) is 6.35. The van der Waals surface area contributed by atoms with E-state index in [0.29, 0.717) is 0 Å². The topological polar surface area (TPSA) is 37.0 Å². The summed E-state index contributed by atoms with van der Waals surface area (Å²) in [5.74, 6) is 0.362. The summed E-state index contributed by atoms with van der Waals surface area (Å²) in [6.45, 7) is 2.81. The monoisotopic (exact) mass is 265 g/mol. The van der Waals surface area contributed by atoms with Crippen molar-refractivity contribution in [1.82, 2.24) is 4.98 Å². The number of nitrogens with one attached hydrogen (secondary N) is 2. The van der Waals surface area contributed by atoms with Gasteiger partial charge in [-0.15, -0.1) is 0 Å². The maximum Gasteiger partial charge on any atom is 0.141 e. The summed E-state index contributed by atoms with van der Waals surface area (Å²) in [7, 11) is 0. The van der Waals surface area contributed by atoms with Gasteiger partial charge in [0.05, 0.1) is 5.02 Å². The molecule has 0 bridgehead atoms. The van der Waals surface area contributed by atoms with Gasteiger partial charge in [0, 0.05) is 30.2 Å². The highest BCUT2D eigenvalue weighted by molar-refractivity contribution is 6.31. The Balaban J connectivity index is 2.17. The van der Waals surface area contributed by atoms with Gasteiger partial charge in [0.2, 0.25) is 0 Å². The van der Waals surface area contributed by atoms with Crippen LogP contribution in [0.5, 0.6) is 0 Å². The van der Waals surface area contributed by atoms with Crippen molar-refractivity contribution in [1.29, 1.82) is 0 Å². The van der Waals surface area contributed by atoms with Gasteiger partial charge >= 0.3 is 0 Å². The quantitative estimate of drug-likeness (QED) is 0.876. The minimum atomic E-state index is -0.426. The van der Waals surface area contributed by atoms with E-state index in [9.17, 15) is 4.39 Å². The molecule has 0 atom stereocenters. The van der Waals surface area contributed by atoms with Crippen LogP contribution in [0.4, 0.5) is 21.6 Å². The first kappa shape index (κ1) is 12.6. The third-order valence-corrected chi connectivity index (χ3v) is 2.62. The fourth-order valence-electron chi connectivity index (χ4n) is 1.53. The molecule has 0 unspecified atom stereocenters. The third-order valence-electron chi connectivity index (χ3n) is 2.33. The molecule has 0 saturated heterocycles. The number of anilines is 3. The zero-order valence-electron chi connectivity index (χ0n) is 9.87. The Morgan fingerprint density at radius 3 is 2.72 bits per heavy atom. The first-order valence-electron chi connectivity index (χ1n) is 5.61. The van der Waals surface area contributed by atoms with Crippen molar-refractivity contribution in [3.8, 4) is 0 Å². The summed E-state index contributed by atoms with van der Waals surface area (Å²) in [6, 6.07) is 8.22. The van der Waals surface area contributed by atoms with E-state index < -0.39 is 5.82 Å². The van der Waals surface area contributed by atoms with Gasteiger partial charge in [0.25, 0.3) is 0 Å². The second-order valence-corrected chi connectivity index (χ2v) is 4.12. The molecule has 1 heterocycles. The highest BCUT2D eigenvalue weighted by Crippen LogP contribution is 2.23. The maximum atomic E-state index is 13.0. The Kier molecular flexibility index (Phi) is 3.99. The molecular weight excluding hydrogens is 253 g/mol. The molecule has 0 aliphatic heterocycles. The average molecular weight is 266 g/mol. The van der Waals surface area contributed by atoms with Gasteiger partial charge in [-0.25, -0.2) is 9.37 Å². The molecule has 1 aromatic carbocycles. The first-order chi connectivity index (χ1) is 8.69. The van der Waals surface area contributed by atoms with Gasteiger partial charge < -0.3 is 10.6 Å². The number of hydrogen-bond donors (Lipinski definition) is 2. The van der Waals surface area contributed by atoms with Crippen molar-refractivity contribution in [3.63, 3.8) is 0 Å². The molecule has 0 fully saturated rings. The lowest BCUT2D eigenvalue weighted by Crippen LogP contribution is -1.99. The van der Waals surface area contributed by atoms with Crippen LogP contribution in [0.25, 0.3) is 0 Å². The van der Waals surface area contributed by atoms with Crippen LogP contribution in [0, 0.1) is 5.82 Å². The molecule has 94 valence electrons. The maximum absolute atomic E-state index is 13.0.